The fourth-order valence-corrected chi connectivity index (χ4v) is 1.86. The molecule has 1 aromatic rings. The summed E-state index contributed by atoms with van der Waals surface area (Å²) in [6.07, 6.45) is 6.91. The average molecular weight is 255 g/mol. The zero-order valence-electron chi connectivity index (χ0n) is 9.89. The number of nitrogens with one attached hydrogen (secondary N) is 1. The zero-order valence-corrected chi connectivity index (χ0v) is 10.7. The molecule has 0 radical (unpaired) electrons. The van der Waals surface area contributed by atoms with Crippen LogP contribution in [0.5, 0.6) is 0 Å². The third-order valence-corrected chi connectivity index (χ3v) is 2.99. The maximum atomic E-state index is 10.4. The van der Waals surface area contributed by atoms with Gasteiger partial charge in [0.15, 0.2) is 0 Å². The molecule has 0 amide bonds. The number of unbranched alkanes of at least 4 members (excludes halogenated alkanes) is 2. The number of rotatable bonds is 8. The van der Waals surface area contributed by atoms with Crippen LogP contribution in [0.3, 0.4) is 0 Å². The standard InChI is InChI=1S/C11H17N3O2S/c1-17-8-4-2-3-7-12-11-6-5-10(9-13-11)14(15)16/h5-6,9H,2-4,7-8H2,1H3,(H,12,13). The van der Waals surface area contributed by atoms with Gasteiger partial charge in [-0.2, -0.15) is 11.8 Å². The molecule has 1 heterocycles. The van der Waals surface area contributed by atoms with Gasteiger partial charge in [0, 0.05) is 12.6 Å². The van der Waals surface area contributed by atoms with E-state index < -0.39 is 4.92 Å². The van der Waals surface area contributed by atoms with Gasteiger partial charge in [-0.3, -0.25) is 10.1 Å². The number of hydrogen-bond donors (Lipinski definition) is 1. The molecular formula is C11H17N3O2S. The van der Waals surface area contributed by atoms with Gasteiger partial charge >= 0.3 is 0 Å². The molecule has 0 fully saturated rings. The largest absolute Gasteiger partial charge is 0.370 e. The Balaban J connectivity index is 2.21. The average Bonchev–Trinajstić information content (AvgIpc) is 2.34. The van der Waals surface area contributed by atoms with Crippen molar-refractivity contribution in [3.05, 3.63) is 28.4 Å². The molecule has 1 aromatic heterocycles. The first kappa shape index (κ1) is 13.8. The molecule has 0 unspecified atom stereocenters. The lowest BCUT2D eigenvalue weighted by atomic mass is 10.2. The van der Waals surface area contributed by atoms with E-state index >= 15 is 0 Å². The molecule has 0 aromatic carbocycles. The maximum Gasteiger partial charge on any atom is 0.287 e. The van der Waals surface area contributed by atoms with Crippen LogP contribution in [0.1, 0.15) is 19.3 Å². The Kier molecular flexibility index (Phi) is 6.39. The zero-order chi connectivity index (χ0) is 12.5. The lowest BCUT2D eigenvalue weighted by molar-refractivity contribution is -0.385. The van der Waals surface area contributed by atoms with Crippen molar-refractivity contribution in [2.75, 3.05) is 23.9 Å². The molecule has 0 aliphatic carbocycles. The summed E-state index contributed by atoms with van der Waals surface area (Å²) in [5.74, 6) is 1.90. The molecule has 0 saturated carbocycles. The van der Waals surface area contributed by atoms with Gasteiger partial charge in [0.05, 0.1) is 4.92 Å². The Bertz CT molecular complexity index is 343. The highest BCUT2D eigenvalue weighted by Crippen LogP contribution is 2.11. The van der Waals surface area contributed by atoms with E-state index in [0.29, 0.717) is 5.82 Å². The van der Waals surface area contributed by atoms with Crippen molar-refractivity contribution in [3.63, 3.8) is 0 Å². The third kappa shape index (κ3) is 5.53. The van der Waals surface area contributed by atoms with Crippen LogP contribution in [-0.2, 0) is 0 Å². The predicted molar refractivity (Wildman–Crippen MR) is 71.6 cm³/mol. The molecule has 5 nitrogen and oxygen atoms in total. The van der Waals surface area contributed by atoms with Crippen molar-refractivity contribution in [1.29, 1.82) is 0 Å². The molecule has 0 aliphatic rings. The minimum absolute atomic E-state index is 0.0236. The Hall–Kier alpha value is -1.30. The molecule has 1 N–H and O–H groups in total. The molecule has 0 atom stereocenters. The smallest absolute Gasteiger partial charge is 0.287 e. The fraction of sp³-hybridized carbons (Fsp3) is 0.545. The Morgan fingerprint density at radius 1 is 1.41 bits per heavy atom. The highest BCUT2D eigenvalue weighted by atomic mass is 32.2. The second kappa shape index (κ2) is 7.89. The second-order valence-corrected chi connectivity index (χ2v) is 4.62. The van der Waals surface area contributed by atoms with E-state index in [1.165, 1.54) is 30.9 Å². The van der Waals surface area contributed by atoms with Crippen molar-refractivity contribution in [2.45, 2.75) is 19.3 Å². The summed E-state index contributed by atoms with van der Waals surface area (Å²) in [6, 6.07) is 3.10. The molecule has 1 rings (SSSR count). The molecule has 0 spiro atoms. The lowest BCUT2D eigenvalue weighted by Crippen LogP contribution is -2.03. The van der Waals surface area contributed by atoms with E-state index in [2.05, 4.69) is 16.6 Å². The van der Waals surface area contributed by atoms with E-state index in [1.807, 2.05) is 11.8 Å². The quantitative estimate of drug-likeness (QED) is 0.439. The summed E-state index contributed by atoms with van der Waals surface area (Å²) < 4.78 is 0. The maximum absolute atomic E-state index is 10.4. The molecule has 0 aliphatic heterocycles. The van der Waals surface area contributed by atoms with Crippen molar-refractivity contribution in [3.8, 4) is 0 Å². The van der Waals surface area contributed by atoms with Crippen LogP contribution in [0, 0.1) is 10.1 Å². The van der Waals surface area contributed by atoms with Gasteiger partial charge in [-0.15, -0.1) is 0 Å². The van der Waals surface area contributed by atoms with Gasteiger partial charge < -0.3 is 5.32 Å². The van der Waals surface area contributed by atoms with Crippen LogP contribution < -0.4 is 5.32 Å². The number of thioether (sulfide) groups is 1. The van der Waals surface area contributed by atoms with E-state index in [9.17, 15) is 10.1 Å². The van der Waals surface area contributed by atoms with E-state index in [-0.39, 0.29) is 5.69 Å². The topological polar surface area (TPSA) is 68.1 Å². The van der Waals surface area contributed by atoms with E-state index in [0.717, 1.165) is 13.0 Å². The SMILES string of the molecule is CSCCCCCNc1ccc([N+](=O)[O-])cn1. The highest BCUT2D eigenvalue weighted by molar-refractivity contribution is 7.98. The van der Waals surface area contributed by atoms with Gasteiger partial charge in [0.1, 0.15) is 12.0 Å². The number of pyridine rings is 1. The van der Waals surface area contributed by atoms with Gasteiger partial charge in [0.2, 0.25) is 0 Å². The Morgan fingerprint density at radius 2 is 2.24 bits per heavy atom. The van der Waals surface area contributed by atoms with Gasteiger partial charge in [0.25, 0.3) is 5.69 Å². The normalized spacial score (nSPS) is 10.2. The van der Waals surface area contributed by atoms with Crippen LogP contribution in [0.15, 0.2) is 18.3 Å². The molecule has 0 saturated heterocycles. The fourth-order valence-electron chi connectivity index (χ4n) is 1.36. The summed E-state index contributed by atoms with van der Waals surface area (Å²) in [7, 11) is 0. The van der Waals surface area contributed by atoms with Gasteiger partial charge in [-0.1, -0.05) is 6.42 Å². The van der Waals surface area contributed by atoms with E-state index in [1.54, 1.807) is 6.07 Å². The first-order valence-electron chi connectivity index (χ1n) is 5.57. The van der Waals surface area contributed by atoms with Crippen molar-refractivity contribution in [1.82, 2.24) is 4.98 Å². The van der Waals surface area contributed by atoms with Gasteiger partial charge in [-0.25, -0.2) is 4.98 Å². The minimum Gasteiger partial charge on any atom is -0.370 e. The van der Waals surface area contributed by atoms with Crippen molar-refractivity contribution >= 4 is 23.3 Å². The van der Waals surface area contributed by atoms with Crippen LogP contribution in [0.4, 0.5) is 11.5 Å². The summed E-state index contributed by atoms with van der Waals surface area (Å²) in [5, 5.41) is 13.6. The lowest BCUT2D eigenvalue weighted by Gasteiger charge is -2.04. The van der Waals surface area contributed by atoms with Crippen LogP contribution in [0.25, 0.3) is 0 Å². The first-order valence-corrected chi connectivity index (χ1v) is 6.96. The van der Waals surface area contributed by atoms with Gasteiger partial charge in [-0.05, 0) is 30.9 Å². The number of nitro groups is 1. The molecule has 17 heavy (non-hydrogen) atoms. The number of hydrogen-bond acceptors (Lipinski definition) is 5. The summed E-state index contributed by atoms with van der Waals surface area (Å²) in [6.45, 7) is 0.860. The number of aromatic nitrogens is 1. The van der Waals surface area contributed by atoms with Crippen LogP contribution in [-0.4, -0.2) is 28.5 Å². The highest BCUT2D eigenvalue weighted by Gasteiger charge is 2.04. The first-order chi connectivity index (χ1) is 8.24. The number of nitrogens with zero attached hydrogens (tertiary/aromatic N) is 2. The van der Waals surface area contributed by atoms with Crippen molar-refractivity contribution in [2.24, 2.45) is 0 Å². The van der Waals surface area contributed by atoms with Crippen LogP contribution >= 0.6 is 11.8 Å². The summed E-state index contributed by atoms with van der Waals surface area (Å²) in [4.78, 5) is 13.9. The number of anilines is 1. The molecule has 0 bridgehead atoms. The Labute approximate surface area is 105 Å². The van der Waals surface area contributed by atoms with Crippen molar-refractivity contribution < 1.29 is 4.92 Å². The van der Waals surface area contributed by atoms with Crippen LogP contribution in [0.2, 0.25) is 0 Å². The Morgan fingerprint density at radius 3 is 2.82 bits per heavy atom. The monoisotopic (exact) mass is 255 g/mol. The third-order valence-electron chi connectivity index (χ3n) is 2.29. The van der Waals surface area contributed by atoms with E-state index in [4.69, 9.17) is 0 Å². The molecular weight excluding hydrogens is 238 g/mol. The molecule has 94 valence electrons. The molecule has 6 heteroatoms. The predicted octanol–water partition coefficient (Wildman–Crippen LogP) is 2.94. The summed E-state index contributed by atoms with van der Waals surface area (Å²) >= 11 is 1.86. The second-order valence-electron chi connectivity index (χ2n) is 3.64. The summed E-state index contributed by atoms with van der Waals surface area (Å²) in [5.41, 5.74) is 0.0236. The minimum atomic E-state index is -0.445.